The number of morpholine rings is 1. The van der Waals surface area contributed by atoms with Gasteiger partial charge < -0.3 is 14.2 Å². The molecule has 5 nitrogen and oxygen atoms in total. The fraction of sp³-hybridized carbons (Fsp3) is 0.400. The Bertz CT molecular complexity index is 837. The van der Waals surface area contributed by atoms with E-state index < -0.39 is 0 Å². The molecular weight excluding hydrogens is 314 g/mol. The van der Waals surface area contributed by atoms with Gasteiger partial charge in [-0.3, -0.25) is 4.79 Å². The van der Waals surface area contributed by atoms with Crippen LogP contribution in [0, 0.1) is 25.2 Å². The van der Waals surface area contributed by atoms with Gasteiger partial charge in [0.05, 0.1) is 17.8 Å². The molecule has 1 aromatic heterocycles. The minimum Gasteiger partial charge on any atom is -0.372 e. The molecule has 0 bridgehead atoms. The topological polar surface area (TPSA) is 58.3 Å². The molecule has 2 heterocycles. The third-order valence-electron chi connectivity index (χ3n) is 4.53. The van der Waals surface area contributed by atoms with Crippen LogP contribution in [-0.4, -0.2) is 40.7 Å². The number of ether oxygens (including phenoxy) is 1. The van der Waals surface area contributed by atoms with Crippen molar-refractivity contribution in [2.24, 2.45) is 0 Å². The zero-order chi connectivity index (χ0) is 18.1. The molecule has 1 aromatic carbocycles. The summed E-state index contributed by atoms with van der Waals surface area (Å²) in [7, 11) is 0. The Morgan fingerprint density at radius 3 is 2.48 bits per heavy atom. The van der Waals surface area contributed by atoms with Gasteiger partial charge in [-0.15, -0.1) is 0 Å². The maximum absolute atomic E-state index is 13.2. The van der Waals surface area contributed by atoms with E-state index in [1.54, 1.807) is 17.2 Å². The van der Waals surface area contributed by atoms with Gasteiger partial charge in [-0.2, -0.15) is 5.26 Å². The predicted molar refractivity (Wildman–Crippen MR) is 95.9 cm³/mol. The normalized spacial score (nSPS) is 20.4. The van der Waals surface area contributed by atoms with E-state index in [4.69, 9.17) is 4.74 Å². The van der Waals surface area contributed by atoms with Crippen LogP contribution in [0.1, 0.15) is 41.0 Å². The van der Waals surface area contributed by atoms with Gasteiger partial charge in [0.25, 0.3) is 5.91 Å². The molecule has 0 spiro atoms. The summed E-state index contributed by atoms with van der Waals surface area (Å²) in [6, 6.07) is 9.95. The minimum atomic E-state index is -0.122. The number of aryl methyl sites for hydroxylation is 2. The number of rotatable bonds is 2. The Morgan fingerprint density at radius 1 is 1.20 bits per heavy atom. The second kappa shape index (κ2) is 6.73. The fourth-order valence-corrected chi connectivity index (χ4v) is 3.51. The maximum atomic E-state index is 13.2. The number of aromatic nitrogens is 1. The molecule has 0 aliphatic carbocycles. The quantitative estimate of drug-likeness (QED) is 0.845. The zero-order valence-corrected chi connectivity index (χ0v) is 15.1. The van der Waals surface area contributed by atoms with Crippen molar-refractivity contribution in [1.29, 1.82) is 5.26 Å². The van der Waals surface area contributed by atoms with Gasteiger partial charge in [-0.1, -0.05) is 17.7 Å². The highest BCUT2D eigenvalue weighted by atomic mass is 16.5. The third-order valence-corrected chi connectivity index (χ3v) is 4.53. The van der Waals surface area contributed by atoms with Crippen LogP contribution in [0.5, 0.6) is 0 Å². The molecule has 2 atom stereocenters. The largest absolute Gasteiger partial charge is 0.372 e. The first-order valence-corrected chi connectivity index (χ1v) is 8.54. The van der Waals surface area contributed by atoms with Gasteiger partial charge in [0.2, 0.25) is 0 Å². The molecular formula is C20H23N3O2. The summed E-state index contributed by atoms with van der Waals surface area (Å²) in [5, 5.41) is 9.48. The van der Waals surface area contributed by atoms with Crippen LogP contribution < -0.4 is 0 Å². The maximum Gasteiger partial charge on any atom is 0.272 e. The molecule has 0 N–H and O–H groups in total. The van der Waals surface area contributed by atoms with Gasteiger partial charge in [-0.05, 0) is 45.4 Å². The van der Waals surface area contributed by atoms with E-state index in [1.807, 2.05) is 44.4 Å². The minimum absolute atomic E-state index is 0.0113. The van der Waals surface area contributed by atoms with Crippen LogP contribution in [0.15, 0.2) is 30.5 Å². The molecule has 25 heavy (non-hydrogen) atoms. The lowest BCUT2D eigenvalue weighted by Crippen LogP contribution is -2.48. The summed E-state index contributed by atoms with van der Waals surface area (Å²) in [6.07, 6.45) is 1.78. The molecule has 3 rings (SSSR count). The average Bonchev–Trinajstić information content (AvgIpc) is 2.96. The molecule has 5 heteroatoms. The molecule has 0 saturated carbocycles. The summed E-state index contributed by atoms with van der Waals surface area (Å²) in [5.41, 5.74) is 3.98. The number of carbonyl (C=O) groups is 1. The van der Waals surface area contributed by atoms with Crippen LogP contribution in [0.3, 0.4) is 0 Å². The van der Waals surface area contributed by atoms with Gasteiger partial charge >= 0.3 is 0 Å². The van der Waals surface area contributed by atoms with Crippen molar-refractivity contribution < 1.29 is 9.53 Å². The van der Waals surface area contributed by atoms with E-state index in [0.717, 1.165) is 16.8 Å². The summed E-state index contributed by atoms with van der Waals surface area (Å²) >= 11 is 0. The molecule has 1 amide bonds. The summed E-state index contributed by atoms with van der Waals surface area (Å²) in [4.78, 5) is 15.0. The van der Waals surface area contributed by atoms with Crippen molar-refractivity contribution >= 4 is 5.91 Å². The number of hydrogen-bond acceptors (Lipinski definition) is 3. The standard InChI is InChI=1S/C20H23N3O2/c1-13-5-6-18(14(2)9-13)23-8-7-17(10-21)19(23)20(24)22-11-15(3)25-16(4)12-22/h5-9,15-16H,11-12H2,1-4H3/t15-,16+. The van der Waals surface area contributed by atoms with Crippen LogP contribution in [0.2, 0.25) is 0 Å². The Kier molecular flexibility index (Phi) is 4.65. The highest BCUT2D eigenvalue weighted by molar-refractivity contribution is 5.96. The van der Waals surface area contributed by atoms with E-state index in [1.165, 1.54) is 0 Å². The number of nitrogens with zero attached hydrogens (tertiary/aromatic N) is 3. The molecule has 1 aliphatic rings. The molecule has 2 aromatic rings. The monoisotopic (exact) mass is 337 g/mol. The van der Waals surface area contributed by atoms with Crippen LogP contribution in [-0.2, 0) is 4.74 Å². The van der Waals surface area contributed by atoms with E-state index >= 15 is 0 Å². The van der Waals surface area contributed by atoms with Crippen LogP contribution >= 0.6 is 0 Å². The Morgan fingerprint density at radius 2 is 1.88 bits per heavy atom. The predicted octanol–water partition coefficient (Wildman–Crippen LogP) is 3.22. The van der Waals surface area contributed by atoms with Gasteiger partial charge in [0.15, 0.2) is 0 Å². The van der Waals surface area contributed by atoms with Gasteiger partial charge in [-0.25, -0.2) is 0 Å². The zero-order valence-electron chi connectivity index (χ0n) is 15.1. The highest BCUT2D eigenvalue weighted by Crippen LogP contribution is 2.24. The highest BCUT2D eigenvalue weighted by Gasteiger charge is 2.30. The second-order valence-electron chi connectivity index (χ2n) is 6.82. The van der Waals surface area contributed by atoms with Crippen LogP contribution in [0.4, 0.5) is 0 Å². The molecule has 0 unspecified atom stereocenters. The Balaban J connectivity index is 2.05. The lowest BCUT2D eigenvalue weighted by molar-refractivity contribution is -0.0588. The van der Waals surface area contributed by atoms with E-state index in [0.29, 0.717) is 24.3 Å². The molecule has 1 aliphatic heterocycles. The lowest BCUT2D eigenvalue weighted by Gasteiger charge is -2.35. The number of carbonyl (C=O) groups excluding carboxylic acids is 1. The van der Waals surface area contributed by atoms with Crippen LogP contribution in [0.25, 0.3) is 5.69 Å². The van der Waals surface area contributed by atoms with Crippen molar-refractivity contribution in [3.63, 3.8) is 0 Å². The van der Waals surface area contributed by atoms with E-state index in [9.17, 15) is 10.1 Å². The van der Waals surface area contributed by atoms with Crippen molar-refractivity contribution in [3.05, 3.63) is 52.8 Å². The van der Waals surface area contributed by atoms with Crippen molar-refractivity contribution in [1.82, 2.24) is 9.47 Å². The summed E-state index contributed by atoms with van der Waals surface area (Å²) in [6.45, 7) is 9.05. The van der Waals surface area contributed by atoms with Gasteiger partial charge in [0.1, 0.15) is 11.8 Å². The summed E-state index contributed by atoms with van der Waals surface area (Å²) in [5.74, 6) is -0.122. The Hall–Kier alpha value is -2.58. The van der Waals surface area contributed by atoms with Crippen molar-refractivity contribution in [2.75, 3.05) is 13.1 Å². The fourth-order valence-electron chi connectivity index (χ4n) is 3.51. The number of hydrogen-bond donors (Lipinski definition) is 0. The second-order valence-corrected chi connectivity index (χ2v) is 6.82. The third kappa shape index (κ3) is 3.31. The molecule has 0 radical (unpaired) electrons. The molecule has 1 saturated heterocycles. The smallest absolute Gasteiger partial charge is 0.272 e. The average molecular weight is 337 g/mol. The number of nitriles is 1. The molecule has 130 valence electrons. The Labute approximate surface area is 148 Å². The number of benzene rings is 1. The van der Waals surface area contributed by atoms with Crippen molar-refractivity contribution in [3.8, 4) is 11.8 Å². The lowest BCUT2D eigenvalue weighted by atomic mass is 10.1. The number of amides is 1. The van der Waals surface area contributed by atoms with E-state index in [2.05, 4.69) is 12.1 Å². The first-order chi connectivity index (χ1) is 11.9. The van der Waals surface area contributed by atoms with Gasteiger partial charge in [0, 0.05) is 25.0 Å². The first kappa shape index (κ1) is 17.2. The van der Waals surface area contributed by atoms with Crippen molar-refractivity contribution in [2.45, 2.75) is 39.9 Å². The summed E-state index contributed by atoms with van der Waals surface area (Å²) < 4.78 is 7.56. The first-order valence-electron chi connectivity index (χ1n) is 8.54. The van der Waals surface area contributed by atoms with E-state index in [-0.39, 0.29) is 18.1 Å². The SMILES string of the molecule is Cc1ccc(-n2ccc(C#N)c2C(=O)N2C[C@@H](C)O[C@@H](C)C2)c(C)c1. The molecule has 1 fully saturated rings.